The van der Waals surface area contributed by atoms with Crippen LogP contribution < -0.4 is 5.32 Å². The van der Waals surface area contributed by atoms with E-state index >= 15 is 0 Å². The molecule has 21 heavy (non-hydrogen) atoms. The number of fused-ring (bicyclic) bond motifs is 1. The number of hydrogen-bond acceptors (Lipinski definition) is 5. The van der Waals surface area contributed by atoms with Gasteiger partial charge in [0.15, 0.2) is 11.4 Å². The van der Waals surface area contributed by atoms with Crippen molar-refractivity contribution in [3.63, 3.8) is 0 Å². The topological polar surface area (TPSA) is 88.0 Å². The molecule has 2 heterocycles. The number of benzene rings is 1. The Labute approximate surface area is 135 Å². The van der Waals surface area contributed by atoms with Crippen molar-refractivity contribution in [1.82, 2.24) is 0 Å². The van der Waals surface area contributed by atoms with Gasteiger partial charge in [-0.3, -0.25) is 4.79 Å². The molecule has 0 bridgehead atoms. The number of anilines is 1. The van der Waals surface area contributed by atoms with Crippen LogP contribution in [0.25, 0.3) is 0 Å². The summed E-state index contributed by atoms with van der Waals surface area (Å²) in [5.74, 6) is -1.58. The molecule has 1 fully saturated rings. The predicted molar refractivity (Wildman–Crippen MR) is 82.6 cm³/mol. The molecule has 0 unspecified atom stereocenters. The van der Waals surface area contributed by atoms with Crippen LogP contribution in [0.1, 0.15) is 19.4 Å². The lowest BCUT2D eigenvalue weighted by Gasteiger charge is -2.43. The first kappa shape index (κ1) is 15.2. The summed E-state index contributed by atoms with van der Waals surface area (Å²) in [5.41, 5.74) is -0.955. The van der Waals surface area contributed by atoms with Crippen molar-refractivity contribution in [2.45, 2.75) is 37.4 Å². The van der Waals surface area contributed by atoms with E-state index in [1.165, 1.54) is 0 Å². The Hall–Kier alpha value is -0.740. The number of halogens is 1. The van der Waals surface area contributed by atoms with Gasteiger partial charge in [-0.25, -0.2) is 0 Å². The average Bonchev–Trinajstić information content (AvgIpc) is 2.68. The largest absolute Gasteiger partial charge is 0.388 e. The molecule has 114 valence electrons. The lowest BCUT2D eigenvalue weighted by molar-refractivity contribution is -0.330. The minimum atomic E-state index is -1.93. The Bertz CT molecular complexity index is 605. The summed E-state index contributed by atoms with van der Waals surface area (Å²) < 4.78 is 11.8. The number of para-hydroxylation sites is 1. The van der Waals surface area contributed by atoms with Gasteiger partial charge in [0.05, 0.1) is 12.3 Å². The number of rotatable bonds is 1. The maximum absolute atomic E-state index is 12.4. The van der Waals surface area contributed by atoms with Crippen molar-refractivity contribution >= 4 is 34.2 Å². The van der Waals surface area contributed by atoms with Gasteiger partial charge < -0.3 is 25.0 Å². The highest BCUT2D eigenvalue weighted by Gasteiger charge is 2.57. The third kappa shape index (κ3) is 2.27. The Morgan fingerprint density at radius 2 is 2.14 bits per heavy atom. The highest BCUT2D eigenvalue weighted by atomic mass is 127. The minimum Gasteiger partial charge on any atom is -0.388 e. The number of nitrogens with one attached hydrogen (secondary N) is 1. The van der Waals surface area contributed by atoms with E-state index in [4.69, 9.17) is 9.47 Å². The van der Waals surface area contributed by atoms with E-state index in [2.05, 4.69) is 27.9 Å². The summed E-state index contributed by atoms with van der Waals surface area (Å²) in [6.45, 7) is 3.35. The molecule has 2 aliphatic heterocycles. The molecule has 7 heteroatoms. The fraction of sp³-hybridized carbons (Fsp3) is 0.500. The normalized spacial score (nSPS) is 34.4. The van der Waals surface area contributed by atoms with Gasteiger partial charge in [0.1, 0.15) is 12.2 Å². The Balaban J connectivity index is 2.08. The van der Waals surface area contributed by atoms with Crippen molar-refractivity contribution in [3.05, 3.63) is 27.3 Å². The second-order valence-electron chi connectivity index (χ2n) is 5.70. The van der Waals surface area contributed by atoms with E-state index in [0.29, 0.717) is 11.3 Å². The highest BCUT2D eigenvalue weighted by Crippen LogP contribution is 2.44. The monoisotopic (exact) mass is 405 g/mol. The first-order valence-corrected chi connectivity index (χ1v) is 7.66. The van der Waals surface area contributed by atoms with Crippen molar-refractivity contribution in [2.75, 3.05) is 11.9 Å². The molecule has 0 aliphatic carbocycles. The molecule has 3 atom stereocenters. The quantitative estimate of drug-likeness (QED) is 0.606. The molecule has 1 saturated heterocycles. The van der Waals surface area contributed by atoms with Crippen molar-refractivity contribution < 1.29 is 24.5 Å². The summed E-state index contributed by atoms with van der Waals surface area (Å²) in [6.07, 6.45) is -2.20. The fourth-order valence-electron chi connectivity index (χ4n) is 2.74. The van der Waals surface area contributed by atoms with Crippen LogP contribution in [-0.4, -0.2) is 40.7 Å². The van der Waals surface area contributed by atoms with Crippen molar-refractivity contribution in [3.8, 4) is 0 Å². The maximum atomic E-state index is 12.4. The van der Waals surface area contributed by atoms with Crippen molar-refractivity contribution in [2.24, 2.45) is 0 Å². The Morgan fingerprint density at radius 1 is 1.43 bits per heavy atom. The van der Waals surface area contributed by atoms with E-state index in [-0.39, 0.29) is 6.61 Å². The standard InChI is InChI=1S/C14H16INO5/c1-13(2)20-6-9(17)11(21-13)14(19)7-4-3-5-8(15)10(7)16-12(14)18/h3-5,9,11,17,19H,6H2,1-2H3,(H,16,18)/t9-,11-,14+/m1/s1. The number of amides is 1. The molecule has 1 aromatic rings. The molecule has 0 saturated carbocycles. The van der Waals surface area contributed by atoms with Crippen LogP contribution in [0.5, 0.6) is 0 Å². The summed E-state index contributed by atoms with van der Waals surface area (Å²) in [7, 11) is 0. The van der Waals surface area contributed by atoms with E-state index in [9.17, 15) is 15.0 Å². The molecular formula is C14H16INO5. The molecule has 2 aliphatic rings. The van der Waals surface area contributed by atoms with Crippen LogP contribution in [0.4, 0.5) is 5.69 Å². The zero-order valence-electron chi connectivity index (χ0n) is 11.6. The Morgan fingerprint density at radius 3 is 2.86 bits per heavy atom. The third-order valence-electron chi connectivity index (χ3n) is 3.78. The number of carbonyl (C=O) groups excluding carboxylic acids is 1. The lowest BCUT2D eigenvalue weighted by atomic mass is 9.85. The molecule has 0 radical (unpaired) electrons. The van der Waals surface area contributed by atoms with E-state index in [1.54, 1.807) is 26.0 Å². The molecule has 1 aromatic carbocycles. The highest BCUT2D eigenvalue weighted by molar-refractivity contribution is 14.1. The third-order valence-corrected chi connectivity index (χ3v) is 4.68. The van der Waals surface area contributed by atoms with Gasteiger partial charge in [-0.15, -0.1) is 0 Å². The summed E-state index contributed by atoms with van der Waals surface area (Å²) in [5, 5.41) is 23.8. The number of aliphatic hydroxyl groups excluding tert-OH is 1. The molecule has 0 aromatic heterocycles. The average molecular weight is 405 g/mol. The van der Waals surface area contributed by atoms with Crippen LogP contribution in [0.3, 0.4) is 0 Å². The van der Waals surface area contributed by atoms with Gasteiger partial charge >= 0.3 is 0 Å². The van der Waals surface area contributed by atoms with E-state index < -0.39 is 29.5 Å². The van der Waals surface area contributed by atoms with Crippen molar-refractivity contribution in [1.29, 1.82) is 0 Å². The first-order chi connectivity index (χ1) is 9.75. The van der Waals surface area contributed by atoms with Gasteiger partial charge in [-0.2, -0.15) is 0 Å². The summed E-state index contributed by atoms with van der Waals surface area (Å²) in [4.78, 5) is 12.4. The van der Waals surface area contributed by atoms with E-state index in [1.807, 2.05) is 6.07 Å². The van der Waals surface area contributed by atoms with Crippen LogP contribution in [0.2, 0.25) is 0 Å². The molecule has 6 nitrogen and oxygen atoms in total. The first-order valence-electron chi connectivity index (χ1n) is 6.58. The molecule has 1 amide bonds. The van der Waals surface area contributed by atoms with Gasteiger partial charge in [-0.05, 0) is 42.5 Å². The van der Waals surface area contributed by atoms with Crippen LogP contribution >= 0.6 is 22.6 Å². The Kier molecular flexibility index (Phi) is 3.53. The number of ether oxygens (including phenoxy) is 2. The van der Waals surface area contributed by atoms with Crippen LogP contribution in [0.15, 0.2) is 18.2 Å². The summed E-state index contributed by atoms with van der Waals surface area (Å²) in [6, 6.07) is 5.24. The number of hydrogen-bond donors (Lipinski definition) is 3. The zero-order chi connectivity index (χ0) is 15.4. The summed E-state index contributed by atoms with van der Waals surface area (Å²) >= 11 is 2.08. The second kappa shape index (κ2) is 4.88. The molecular weight excluding hydrogens is 389 g/mol. The number of aliphatic hydroxyl groups is 2. The molecule has 0 spiro atoms. The van der Waals surface area contributed by atoms with Crippen LogP contribution in [0, 0.1) is 3.57 Å². The molecule has 3 rings (SSSR count). The van der Waals surface area contributed by atoms with Gasteiger partial charge in [0.25, 0.3) is 5.91 Å². The van der Waals surface area contributed by atoms with Gasteiger partial charge in [-0.1, -0.05) is 12.1 Å². The van der Waals surface area contributed by atoms with Gasteiger partial charge in [0.2, 0.25) is 0 Å². The minimum absolute atomic E-state index is 0.00742. The SMILES string of the molecule is CC1(C)OC[C@@H](O)[C@H]([C@]2(O)C(=O)Nc3c(I)cccc32)O1. The second-order valence-corrected chi connectivity index (χ2v) is 6.86. The maximum Gasteiger partial charge on any atom is 0.264 e. The number of carbonyl (C=O) groups is 1. The predicted octanol–water partition coefficient (Wildman–Crippen LogP) is 0.943. The smallest absolute Gasteiger partial charge is 0.264 e. The van der Waals surface area contributed by atoms with Crippen LogP contribution in [-0.2, 0) is 19.9 Å². The van der Waals surface area contributed by atoms with Gasteiger partial charge in [0, 0.05) is 9.13 Å². The lowest BCUT2D eigenvalue weighted by Crippen LogP contribution is -2.60. The zero-order valence-corrected chi connectivity index (χ0v) is 13.7. The molecule has 3 N–H and O–H groups in total. The van der Waals surface area contributed by atoms with E-state index in [0.717, 1.165) is 3.57 Å². The fourth-order valence-corrected chi connectivity index (χ4v) is 3.37.